The van der Waals surface area contributed by atoms with Crippen LogP contribution in [0.25, 0.3) is 0 Å². The molecule has 2 rings (SSSR count). The molecule has 0 spiro atoms. The van der Waals surface area contributed by atoms with E-state index in [0.29, 0.717) is 5.25 Å². The molecule has 2 aromatic rings. The fourth-order valence-electron chi connectivity index (χ4n) is 2.29. The Kier molecular flexibility index (Phi) is 5.27. The number of benzene rings is 2. The van der Waals surface area contributed by atoms with Crippen molar-refractivity contribution in [3.05, 3.63) is 65.2 Å². The highest BCUT2D eigenvalue weighted by Crippen LogP contribution is 2.39. The molecule has 2 aromatic carbocycles. The van der Waals surface area contributed by atoms with Gasteiger partial charge in [-0.2, -0.15) is 0 Å². The van der Waals surface area contributed by atoms with Crippen molar-refractivity contribution in [1.29, 1.82) is 0 Å². The van der Waals surface area contributed by atoms with Gasteiger partial charge in [0.15, 0.2) is 0 Å². The summed E-state index contributed by atoms with van der Waals surface area (Å²) in [5.74, 6) is 0. The summed E-state index contributed by atoms with van der Waals surface area (Å²) in [4.78, 5) is 1.32. The van der Waals surface area contributed by atoms with E-state index < -0.39 is 0 Å². The van der Waals surface area contributed by atoms with Crippen LogP contribution in [0.5, 0.6) is 0 Å². The van der Waals surface area contributed by atoms with E-state index in [1.807, 2.05) is 11.8 Å². The topological polar surface area (TPSA) is 26.0 Å². The van der Waals surface area contributed by atoms with Crippen LogP contribution in [0.4, 0.5) is 0 Å². The molecule has 2 N–H and O–H groups in total. The Morgan fingerprint density at radius 1 is 1.05 bits per heavy atom. The van der Waals surface area contributed by atoms with Crippen LogP contribution in [-0.2, 0) is 0 Å². The summed E-state index contributed by atoms with van der Waals surface area (Å²) in [6, 6.07) is 17.4. The third-order valence-electron chi connectivity index (χ3n) is 3.58. The molecule has 0 amide bonds. The molecule has 0 heterocycles. The molecule has 20 heavy (non-hydrogen) atoms. The minimum atomic E-state index is 0.168. The molecular formula is C18H23NS. The molecule has 0 bridgehead atoms. The van der Waals surface area contributed by atoms with E-state index in [1.54, 1.807) is 0 Å². The lowest BCUT2D eigenvalue weighted by Crippen LogP contribution is -2.25. The average Bonchev–Trinajstić information content (AvgIpc) is 2.45. The van der Waals surface area contributed by atoms with Gasteiger partial charge in [0, 0.05) is 16.2 Å². The molecule has 0 aliphatic heterocycles. The number of nitrogens with two attached hydrogens (primary N) is 1. The molecule has 2 atom stereocenters. The highest BCUT2D eigenvalue weighted by atomic mass is 32.2. The molecule has 106 valence electrons. The summed E-state index contributed by atoms with van der Waals surface area (Å²) in [5.41, 5.74) is 10.3. The first kappa shape index (κ1) is 15.1. The van der Waals surface area contributed by atoms with E-state index in [9.17, 15) is 0 Å². The van der Waals surface area contributed by atoms with Crippen molar-refractivity contribution < 1.29 is 0 Å². The molecule has 2 unspecified atom stereocenters. The van der Waals surface area contributed by atoms with E-state index in [-0.39, 0.29) is 6.04 Å². The molecule has 0 radical (unpaired) electrons. The van der Waals surface area contributed by atoms with Crippen molar-refractivity contribution >= 4 is 11.8 Å². The van der Waals surface area contributed by atoms with Crippen molar-refractivity contribution in [2.45, 2.75) is 43.4 Å². The number of rotatable bonds is 5. The van der Waals surface area contributed by atoms with Gasteiger partial charge in [-0.15, -0.1) is 11.8 Å². The summed E-state index contributed by atoms with van der Waals surface area (Å²) < 4.78 is 0. The van der Waals surface area contributed by atoms with Gasteiger partial charge in [0.2, 0.25) is 0 Å². The van der Waals surface area contributed by atoms with E-state index in [0.717, 1.165) is 6.42 Å². The highest BCUT2D eigenvalue weighted by molar-refractivity contribution is 7.99. The second-order valence-corrected chi connectivity index (χ2v) is 6.47. The van der Waals surface area contributed by atoms with Gasteiger partial charge in [0.25, 0.3) is 0 Å². The van der Waals surface area contributed by atoms with Crippen molar-refractivity contribution in [2.75, 3.05) is 0 Å². The zero-order valence-electron chi connectivity index (χ0n) is 12.5. The smallest absolute Gasteiger partial charge is 0.0495 e. The number of thioether (sulfide) groups is 1. The summed E-state index contributed by atoms with van der Waals surface area (Å²) in [6.07, 6.45) is 0.984. The second kappa shape index (κ2) is 6.96. The van der Waals surface area contributed by atoms with E-state index >= 15 is 0 Å². The maximum atomic E-state index is 6.38. The Morgan fingerprint density at radius 2 is 1.80 bits per heavy atom. The largest absolute Gasteiger partial charge is 0.326 e. The van der Waals surface area contributed by atoms with Gasteiger partial charge in [0.1, 0.15) is 0 Å². The molecule has 2 heteroatoms. The Morgan fingerprint density at radius 3 is 2.45 bits per heavy atom. The minimum Gasteiger partial charge on any atom is -0.326 e. The van der Waals surface area contributed by atoms with Crippen LogP contribution in [-0.4, -0.2) is 6.04 Å². The molecule has 1 nitrogen and oxygen atoms in total. The molecule has 0 aliphatic carbocycles. The van der Waals surface area contributed by atoms with Crippen LogP contribution >= 0.6 is 11.8 Å². The quantitative estimate of drug-likeness (QED) is 0.793. The SMILES string of the molecule is CCC(N)C(Sc1ccccc1C)c1cccc(C)c1. The zero-order valence-corrected chi connectivity index (χ0v) is 13.3. The van der Waals surface area contributed by atoms with Crippen LogP contribution in [0.2, 0.25) is 0 Å². The summed E-state index contributed by atoms with van der Waals surface area (Å²) >= 11 is 1.88. The monoisotopic (exact) mass is 285 g/mol. The third-order valence-corrected chi connectivity index (χ3v) is 5.17. The third kappa shape index (κ3) is 3.65. The summed E-state index contributed by atoms with van der Waals surface area (Å²) in [6.45, 7) is 6.45. The van der Waals surface area contributed by atoms with Crippen LogP contribution < -0.4 is 5.73 Å². The lowest BCUT2D eigenvalue weighted by Gasteiger charge is -2.24. The first-order valence-electron chi connectivity index (χ1n) is 7.16. The Bertz CT molecular complexity index is 565. The zero-order chi connectivity index (χ0) is 14.5. The van der Waals surface area contributed by atoms with E-state index in [2.05, 4.69) is 69.3 Å². The number of hydrogen-bond donors (Lipinski definition) is 1. The summed E-state index contributed by atoms with van der Waals surface area (Å²) in [7, 11) is 0. The van der Waals surface area contributed by atoms with Crippen LogP contribution in [0.1, 0.15) is 35.3 Å². The van der Waals surface area contributed by atoms with Gasteiger partial charge in [-0.1, -0.05) is 55.0 Å². The fraction of sp³-hybridized carbons (Fsp3) is 0.333. The van der Waals surface area contributed by atoms with Gasteiger partial charge < -0.3 is 5.73 Å². The molecule has 0 aliphatic rings. The van der Waals surface area contributed by atoms with Crippen LogP contribution in [0, 0.1) is 13.8 Å². The van der Waals surface area contributed by atoms with Crippen molar-refractivity contribution in [2.24, 2.45) is 5.73 Å². The molecule has 0 saturated heterocycles. The maximum Gasteiger partial charge on any atom is 0.0495 e. The van der Waals surface area contributed by atoms with Gasteiger partial charge in [0.05, 0.1) is 0 Å². The van der Waals surface area contributed by atoms with Crippen molar-refractivity contribution in [1.82, 2.24) is 0 Å². The number of hydrogen-bond acceptors (Lipinski definition) is 2. The predicted octanol–water partition coefficient (Wildman–Crippen LogP) is 4.87. The lowest BCUT2D eigenvalue weighted by molar-refractivity contribution is 0.634. The first-order valence-corrected chi connectivity index (χ1v) is 8.04. The van der Waals surface area contributed by atoms with E-state index in [4.69, 9.17) is 5.73 Å². The minimum absolute atomic E-state index is 0.168. The normalized spacial score (nSPS) is 14.0. The number of aryl methyl sites for hydroxylation is 2. The molecule has 0 aromatic heterocycles. The van der Waals surface area contributed by atoms with Gasteiger partial charge in [-0.25, -0.2) is 0 Å². The highest BCUT2D eigenvalue weighted by Gasteiger charge is 2.20. The standard InChI is InChI=1S/C18H23NS/c1-4-16(19)18(15-10-7-8-13(2)12-15)20-17-11-6-5-9-14(17)3/h5-12,16,18H,4,19H2,1-3H3. The Balaban J connectivity index is 2.31. The summed E-state index contributed by atoms with van der Waals surface area (Å²) in [5, 5.41) is 0.306. The first-order chi connectivity index (χ1) is 9.61. The lowest BCUT2D eigenvalue weighted by atomic mass is 10.0. The van der Waals surface area contributed by atoms with Crippen molar-refractivity contribution in [3.63, 3.8) is 0 Å². The fourth-order valence-corrected chi connectivity index (χ4v) is 3.62. The van der Waals surface area contributed by atoms with Crippen molar-refractivity contribution in [3.8, 4) is 0 Å². The molecular weight excluding hydrogens is 262 g/mol. The van der Waals surface area contributed by atoms with Gasteiger partial charge in [-0.3, -0.25) is 0 Å². The van der Waals surface area contributed by atoms with Crippen LogP contribution in [0.15, 0.2) is 53.4 Å². The Labute approximate surface area is 126 Å². The Hall–Kier alpha value is -1.25. The maximum absolute atomic E-state index is 6.38. The molecule has 0 saturated carbocycles. The van der Waals surface area contributed by atoms with Gasteiger partial charge >= 0.3 is 0 Å². The van der Waals surface area contributed by atoms with E-state index in [1.165, 1.54) is 21.6 Å². The predicted molar refractivity (Wildman–Crippen MR) is 89.2 cm³/mol. The second-order valence-electron chi connectivity index (χ2n) is 5.29. The molecule has 0 fully saturated rings. The van der Waals surface area contributed by atoms with Crippen LogP contribution in [0.3, 0.4) is 0 Å². The van der Waals surface area contributed by atoms with Gasteiger partial charge in [-0.05, 0) is 37.5 Å². The average molecular weight is 285 g/mol.